The number of rotatable bonds is 4. The van der Waals surface area contributed by atoms with Crippen LogP contribution in [0.25, 0.3) is 0 Å². The fraction of sp³-hybridized carbons (Fsp3) is 0.500. The molecule has 0 aromatic rings. The zero-order chi connectivity index (χ0) is 10.4. The van der Waals surface area contributed by atoms with Gasteiger partial charge in [-0.3, -0.25) is 0 Å². The van der Waals surface area contributed by atoms with Crippen molar-refractivity contribution >= 4 is 0 Å². The number of allylic oxidation sites excluding steroid dienone is 3. The van der Waals surface area contributed by atoms with Crippen molar-refractivity contribution in [3.8, 4) is 0 Å². The summed E-state index contributed by atoms with van der Waals surface area (Å²) in [6.07, 6.45) is 9.21. The normalized spacial score (nSPS) is 24.3. The summed E-state index contributed by atoms with van der Waals surface area (Å²) in [5.74, 6) is 0. The fourth-order valence-corrected chi connectivity index (χ4v) is 1.59. The molecule has 0 saturated heterocycles. The van der Waals surface area contributed by atoms with Crippen LogP contribution in [0, 0.1) is 5.41 Å². The Hall–Kier alpha value is -1.18. The molecule has 74 valence electrons. The Morgan fingerprint density at radius 1 is 1.50 bits per heavy atom. The highest BCUT2D eigenvalue weighted by molar-refractivity contribution is 5.30. The average Bonchev–Trinajstić information content (AvgIpc) is 2.82. The van der Waals surface area contributed by atoms with Crippen LogP contribution in [-0.4, -0.2) is 0 Å². The van der Waals surface area contributed by atoms with Crippen molar-refractivity contribution in [3.63, 3.8) is 0 Å². The van der Waals surface area contributed by atoms with Crippen LogP contribution in [-0.2, 0) is 0 Å². The summed E-state index contributed by atoms with van der Waals surface area (Å²) in [5, 5.41) is 0. The highest BCUT2D eigenvalue weighted by Gasteiger charge is 2.43. The smallest absolute Gasteiger partial charge is 0.00130 e. The molecular weight excluding hydrogens is 168 g/mol. The number of hydrogen-bond donors (Lipinski definition) is 0. The molecule has 0 nitrogen and oxygen atoms in total. The Kier molecular flexibility index (Phi) is 3.81. The van der Waals surface area contributed by atoms with E-state index in [9.17, 15) is 0 Å². The molecule has 0 amide bonds. The molecule has 1 rings (SSSR count). The lowest BCUT2D eigenvalue weighted by atomic mass is 10.0. The zero-order valence-corrected chi connectivity index (χ0v) is 9.19. The summed E-state index contributed by atoms with van der Waals surface area (Å²) in [7, 11) is 0. The van der Waals surface area contributed by atoms with Gasteiger partial charge in [0.15, 0.2) is 0 Å². The van der Waals surface area contributed by atoms with Gasteiger partial charge >= 0.3 is 0 Å². The third-order valence-electron chi connectivity index (χ3n) is 2.74. The summed E-state index contributed by atoms with van der Waals surface area (Å²) in [4.78, 5) is 0. The van der Waals surface area contributed by atoms with Crippen LogP contribution in [0.15, 0.2) is 41.5 Å². The van der Waals surface area contributed by atoms with E-state index in [-0.39, 0.29) is 0 Å². The van der Waals surface area contributed by atoms with E-state index in [1.54, 1.807) is 0 Å². The Bertz CT molecular complexity index is 340. The maximum Gasteiger partial charge on any atom is 0.00130 e. The van der Waals surface area contributed by atoms with E-state index in [0.29, 0.717) is 5.41 Å². The third kappa shape index (κ3) is 2.95. The first kappa shape index (κ1) is 10.9. The van der Waals surface area contributed by atoms with Crippen LogP contribution in [0.4, 0.5) is 0 Å². The first-order valence-corrected chi connectivity index (χ1v) is 5.27. The maximum absolute atomic E-state index is 3.47. The molecule has 1 fully saturated rings. The minimum atomic E-state index is 0.391. The van der Waals surface area contributed by atoms with Gasteiger partial charge in [-0.2, -0.15) is 0 Å². The van der Waals surface area contributed by atoms with E-state index in [1.165, 1.54) is 24.8 Å². The van der Waals surface area contributed by atoms with E-state index in [0.717, 1.165) is 6.42 Å². The van der Waals surface area contributed by atoms with Crippen molar-refractivity contribution in [2.75, 3.05) is 0 Å². The first-order valence-electron chi connectivity index (χ1n) is 5.27. The van der Waals surface area contributed by atoms with Crippen molar-refractivity contribution in [3.05, 3.63) is 41.5 Å². The maximum atomic E-state index is 3.47. The van der Waals surface area contributed by atoms with Crippen molar-refractivity contribution in [2.45, 2.75) is 39.5 Å². The summed E-state index contributed by atoms with van der Waals surface area (Å²) < 4.78 is 0. The lowest BCUT2D eigenvalue weighted by molar-refractivity contribution is 0.550. The van der Waals surface area contributed by atoms with E-state index in [2.05, 4.69) is 49.8 Å². The average molecular weight is 186 g/mol. The molecule has 1 saturated carbocycles. The zero-order valence-electron chi connectivity index (χ0n) is 9.19. The molecule has 0 aromatic heterocycles. The second-order valence-electron chi connectivity index (χ2n) is 4.06. The molecule has 0 heterocycles. The molecule has 0 aromatic carbocycles. The largest absolute Gasteiger partial charge is 0.0888 e. The van der Waals surface area contributed by atoms with Crippen LogP contribution >= 0.6 is 0 Å². The molecular formula is C14H18. The molecule has 0 radical (unpaired) electrons. The molecule has 1 atom stereocenters. The van der Waals surface area contributed by atoms with Crippen molar-refractivity contribution in [2.24, 2.45) is 5.41 Å². The van der Waals surface area contributed by atoms with Gasteiger partial charge in [0.2, 0.25) is 0 Å². The third-order valence-corrected chi connectivity index (χ3v) is 2.74. The Labute approximate surface area is 87.0 Å². The van der Waals surface area contributed by atoms with Crippen LogP contribution in [0.5, 0.6) is 0 Å². The summed E-state index contributed by atoms with van der Waals surface area (Å²) >= 11 is 0. The van der Waals surface area contributed by atoms with Crippen molar-refractivity contribution < 1.29 is 0 Å². The van der Waals surface area contributed by atoms with E-state index in [4.69, 9.17) is 0 Å². The summed E-state index contributed by atoms with van der Waals surface area (Å²) in [5.41, 5.74) is 10.3. The van der Waals surface area contributed by atoms with Crippen LogP contribution < -0.4 is 0 Å². The summed E-state index contributed by atoms with van der Waals surface area (Å²) in [6.45, 7) is 7.93. The molecule has 1 aliphatic carbocycles. The Morgan fingerprint density at radius 2 is 2.29 bits per heavy atom. The molecule has 0 bridgehead atoms. The van der Waals surface area contributed by atoms with Gasteiger partial charge < -0.3 is 0 Å². The lowest BCUT2D eigenvalue weighted by Crippen LogP contribution is -1.91. The lowest BCUT2D eigenvalue weighted by Gasteiger charge is -2.02. The van der Waals surface area contributed by atoms with Gasteiger partial charge in [0, 0.05) is 5.41 Å². The molecule has 14 heavy (non-hydrogen) atoms. The highest BCUT2D eigenvalue weighted by atomic mass is 14.5. The topological polar surface area (TPSA) is 0 Å². The standard InChI is InChI=1S/C14H18/c1-4-6-8-9-11-14(3)12-13(14)10-7-5-2/h6,8H,2,4,9,11-12H2,1,3H3. The second-order valence-corrected chi connectivity index (χ2v) is 4.06. The van der Waals surface area contributed by atoms with Gasteiger partial charge in [-0.25, -0.2) is 0 Å². The monoisotopic (exact) mass is 186 g/mol. The van der Waals surface area contributed by atoms with Crippen LogP contribution in [0.2, 0.25) is 0 Å². The van der Waals surface area contributed by atoms with Crippen LogP contribution in [0.3, 0.4) is 0 Å². The minimum Gasteiger partial charge on any atom is -0.0888 e. The predicted molar refractivity (Wildman–Crippen MR) is 61.1 cm³/mol. The Morgan fingerprint density at radius 3 is 2.93 bits per heavy atom. The molecule has 0 heteroatoms. The van der Waals surface area contributed by atoms with Gasteiger partial charge in [0.25, 0.3) is 0 Å². The van der Waals surface area contributed by atoms with E-state index >= 15 is 0 Å². The van der Waals surface area contributed by atoms with Gasteiger partial charge in [0.05, 0.1) is 0 Å². The summed E-state index contributed by atoms with van der Waals surface area (Å²) in [6, 6.07) is 0. The van der Waals surface area contributed by atoms with E-state index < -0.39 is 0 Å². The first-order chi connectivity index (χ1) is 6.73. The van der Waals surface area contributed by atoms with Gasteiger partial charge in [-0.15, -0.1) is 0 Å². The van der Waals surface area contributed by atoms with E-state index in [1.807, 2.05) is 0 Å². The minimum absolute atomic E-state index is 0.391. The van der Waals surface area contributed by atoms with Gasteiger partial charge in [-0.05, 0) is 43.6 Å². The molecule has 0 spiro atoms. The predicted octanol–water partition coefficient (Wildman–Crippen LogP) is 4.16. The number of hydrogen-bond acceptors (Lipinski definition) is 0. The van der Waals surface area contributed by atoms with Gasteiger partial charge in [0.1, 0.15) is 0 Å². The van der Waals surface area contributed by atoms with Crippen molar-refractivity contribution in [1.29, 1.82) is 0 Å². The molecule has 1 aliphatic rings. The van der Waals surface area contributed by atoms with Gasteiger partial charge in [-0.1, -0.05) is 37.5 Å². The van der Waals surface area contributed by atoms with Crippen molar-refractivity contribution in [1.82, 2.24) is 0 Å². The second kappa shape index (κ2) is 4.89. The molecule has 0 N–H and O–H groups in total. The molecule has 0 aliphatic heterocycles. The SMILES string of the molecule is C=C=C=C=C1CC1(C)CCC=CCC. The Balaban J connectivity index is 2.45. The quantitative estimate of drug-likeness (QED) is 0.456. The van der Waals surface area contributed by atoms with Crippen LogP contribution in [0.1, 0.15) is 39.5 Å². The highest BCUT2D eigenvalue weighted by Crippen LogP contribution is 2.54. The fourth-order valence-electron chi connectivity index (χ4n) is 1.59. The molecule has 1 unspecified atom stereocenters.